The Hall–Kier alpha value is -2.12. The predicted molar refractivity (Wildman–Crippen MR) is 103 cm³/mol. The van der Waals surface area contributed by atoms with E-state index < -0.39 is 5.97 Å². The van der Waals surface area contributed by atoms with Crippen LogP contribution in [0.3, 0.4) is 0 Å². The Labute approximate surface area is 161 Å². The molecule has 0 aliphatic carbocycles. The van der Waals surface area contributed by atoms with Gasteiger partial charge >= 0.3 is 5.97 Å². The average Bonchev–Trinajstić information content (AvgIpc) is 2.84. The van der Waals surface area contributed by atoms with Crippen molar-refractivity contribution in [3.05, 3.63) is 50.4 Å². The van der Waals surface area contributed by atoms with Gasteiger partial charge in [0.05, 0.1) is 7.11 Å². The number of anilines is 1. The third-order valence-corrected chi connectivity index (χ3v) is 4.78. The standard InChI is InChI=1S/C18H13Br2NO4/c1-9(22)25-17-8-14(20)10(6-16(17)24-2)5-13-12-7-11(19)3-4-15(12)21-18(13)23/h3-8H,1-2H3,(H,21,23)/b13-5-. The zero-order valence-electron chi connectivity index (χ0n) is 13.4. The molecule has 0 atom stereocenters. The van der Waals surface area contributed by atoms with Gasteiger partial charge in [0.25, 0.3) is 5.91 Å². The molecule has 1 aliphatic rings. The van der Waals surface area contributed by atoms with Crippen LogP contribution >= 0.6 is 31.9 Å². The van der Waals surface area contributed by atoms with E-state index in [1.54, 1.807) is 18.2 Å². The van der Waals surface area contributed by atoms with Gasteiger partial charge in [0.2, 0.25) is 0 Å². The Bertz CT molecular complexity index is 922. The lowest BCUT2D eigenvalue weighted by atomic mass is 10.0. The number of methoxy groups -OCH3 is 1. The fraction of sp³-hybridized carbons (Fsp3) is 0.111. The fourth-order valence-electron chi connectivity index (χ4n) is 2.51. The number of amides is 1. The topological polar surface area (TPSA) is 64.6 Å². The van der Waals surface area contributed by atoms with Gasteiger partial charge in [-0.2, -0.15) is 0 Å². The van der Waals surface area contributed by atoms with Gasteiger partial charge in [-0.15, -0.1) is 0 Å². The van der Waals surface area contributed by atoms with Crippen molar-refractivity contribution in [1.29, 1.82) is 0 Å². The van der Waals surface area contributed by atoms with E-state index in [9.17, 15) is 9.59 Å². The third kappa shape index (κ3) is 3.62. The van der Waals surface area contributed by atoms with Crippen LogP contribution in [0.5, 0.6) is 11.5 Å². The molecular formula is C18H13Br2NO4. The number of carbonyl (C=O) groups is 2. The Kier molecular flexibility index (Phi) is 4.96. The molecule has 2 aromatic rings. The van der Waals surface area contributed by atoms with Gasteiger partial charge in [-0.3, -0.25) is 9.59 Å². The SMILES string of the molecule is COc1cc(/C=C2\C(=O)Nc3ccc(Br)cc32)c(Br)cc1OC(C)=O. The first kappa shape index (κ1) is 17.7. The molecule has 0 radical (unpaired) electrons. The average molecular weight is 467 g/mol. The zero-order valence-corrected chi connectivity index (χ0v) is 16.5. The minimum atomic E-state index is -0.440. The number of hydrogen-bond acceptors (Lipinski definition) is 4. The summed E-state index contributed by atoms with van der Waals surface area (Å²) in [6, 6.07) is 8.95. The van der Waals surface area contributed by atoms with Crippen molar-refractivity contribution in [2.75, 3.05) is 12.4 Å². The quantitative estimate of drug-likeness (QED) is 0.406. The first-order valence-electron chi connectivity index (χ1n) is 7.28. The summed E-state index contributed by atoms with van der Waals surface area (Å²) in [6.45, 7) is 1.32. The summed E-state index contributed by atoms with van der Waals surface area (Å²) in [5.41, 5.74) is 2.85. The van der Waals surface area contributed by atoms with Crippen molar-refractivity contribution in [2.24, 2.45) is 0 Å². The maximum absolute atomic E-state index is 12.3. The van der Waals surface area contributed by atoms with Gasteiger partial charge in [-0.05, 0) is 42.0 Å². The number of halogens is 2. The number of nitrogens with one attached hydrogen (secondary N) is 1. The molecule has 128 valence electrons. The molecule has 7 heteroatoms. The summed E-state index contributed by atoms with van der Waals surface area (Å²) in [4.78, 5) is 23.5. The number of esters is 1. The van der Waals surface area contributed by atoms with Gasteiger partial charge in [0.15, 0.2) is 11.5 Å². The molecule has 0 saturated carbocycles. The molecule has 0 fully saturated rings. The molecule has 0 unspecified atom stereocenters. The lowest BCUT2D eigenvalue weighted by molar-refractivity contribution is -0.132. The van der Waals surface area contributed by atoms with Crippen LogP contribution in [-0.2, 0) is 9.59 Å². The van der Waals surface area contributed by atoms with Crippen LogP contribution in [0.2, 0.25) is 0 Å². The number of rotatable bonds is 3. The molecule has 1 aliphatic heterocycles. The van der Waals surface area contributed by atoms with E-state index >= 15 is 0 Å². The summed E-state index contributed by atoms with van der Waals surface area (Å²) >= 11 is 6.87. The molecule has 0 bridgehead atoms. The first-order chi connectivity index (χ1) is 11.9. The van der Waals surface area contributed by atoms with Crippen LogP contribution in [0.4, 0.5) is 5.69 Å². The largest absolute Gasteiger partial charge is 0.493 e. The van der Waals surface area contributed by atoms with E-state index in [1.807, 2.05) is 18.2 Å². The van der Waals surface area contributed by atoms with Crippen LogP contribution in [-0.4, -0.2) is 19.0 Å². The highest BCUT2D eigenvalue weighted by Gasteiger charge is 2.24. The van der Waals surface area contributed by atoms with Crippen LogP contribution in [0.25, 0.3) is 11.6 Å². The molecule has 0 saturated heterocycles. The highest BCUT2D eigenvalue weighted by molar-refractivity contribution is 9.10. The Morgan fingerprint density at radius 3 is 2.60 bits per heavy atom. The number of hydrogen-bond donors (Lipinski definition) is 1. The second kappa shape index (κ2) is 7.01. The maximum Gasteiger partial charge on any atom is 0.308 e. The van der Waals surface area contributed by atoms with E-state index in [0.29, 0.717) is 21.5 Å². The highest BCUT2D eigenvalue weighted by atomic mass is 79.9. The van der Waals surface area contributed by atoms with Crippen molar-refractivity contribution in [1.82, 2.24) is 0 Å². The van der Waals surface area contributed by atoms with Crippen LogP contribution < -0.4 is 14.8 Å². The predicted octanol–water partition coefficient (Wildman–Crippen LogP) is 4.64. The molecule has 2 aromatic carbocycles. The van der Waals surface area contributed by atoms with Crippen LogP contribution in [0.15, 0.2) is 39.3 Å². The molecule has 1 heterocycles. The van der Waals surface area contributed by atoms with Gasteiger partial charge in [-0.1, -0.05) is 31.9 Å². The van der Waals surface area contributed by atoms with E-state index in [2.05, 4.69) is 37.2 Å². The zero-order chi connectivity index (χ0) is 18.1. The van der Waals surface area contributed by atoms with E-state index in [-0.39, 0.29) is 5.91 Å². The number of carbonyl (C=O) groups excluding carboxylic acids is 2. The normalized spacial score (nSPS) is 14.2. The number of fused-ring (bicyclic) bond motifs is 1. The van der Waals surface area contributed by atoms with Gasteiger partial charge in [-0.25, -0.2) is 0 Å². The van der Waals surface area contributed by atoms with Crippen molar-refractivity contribution in [3.8, 4) is 11.5 Å². The van der Waals surface area contributed by atoms with E-state index in [4.69, 9.17) is 9.47 Å². The Balaban J connectivity index is 2.09. The van der Waals surface area contributed by atoms with Crippen molar-refractivity contribution in [3.63, 3.8) is 0 Å². The molecule has 0 aromatic heterocycles. The van der Waals surface area contributed by atoms with E-state index in [0.717, 1.165) is 21.3 Å². The molecule has 25 heavy (non-hydrogen) atoms. The molecule has 0 spiro atoms. The minimum Gasteiger partial charge on any atom is -0.493 e. The molecule has 5 nitrogen and oxygen atoms in total. The summed E-state index contributed by atoms with van der Waals surface area (Å²) in [7, 11) is 1.49. The molecule has 1 amide bonds. The fourth-order valence-corrected chi connectivity index (χ4v) is 3.31. The monoisotopic (exact) mass is 465 g/mol. The smallest absolute Gasteiger partial charge is 0.308 e. The lowest BCUT2D eigenvalue weighted by Gasteiger charge is -2.11. The summed E-state index contributed by atoms with van der Waals surface area (Å²) in [5.74, 6) is 0.0921. The van der Waals surface area contributed by atoms with Crippen LogP contribution in [0.1, 0.15) is 18.1 Å². The van der Waals surface area contributed by atoms with Crippen LogP contribution in [0, 0.1) is 0 Å². The lowest BCUT2D eigenvalue weighted by Crippen LogP contribution is -2.04. The van der Waals surface area contributed by atoms with Crippen molar-refractivity contribution in [2.45, 2.75) is 6.92 Å². The van der Waals surface area contributed by atoms with Crippen molar-refractivity contribution >= 4 is 61.1 Å². The second-order valence-electron chi connectivity index (χ2n) is 5.32. The van der Waals surface area contributed by atoms with E-state index in [1.165, 1.54) is 14.0 Å². The first-order valence-corrected chi connectivity index (χ1v) is 8.86. The summed E-state index contributed by atoms with van der Waals surface area (Å²) < 4.78 is 12.0. The molecule has 3 rings (SSSR count). The molecule has 1 N–H and O–H groups in total. The number of ether oxygens (including phenoxy) is 2. The number of benzene rings is 2. The van der Waals surface area contributed by atoms with Gasteiger partial charge < -0.3 is 14.8 Å². The van der Waals surface area contributed by atoms with Gasteiger partial charge in [0, 0.05) is 32.7 Å². The minimum absolute atomic E-state index is 0.178. The summed E-state index contributed by atoms with van der Waals surface area (Å²) in [6.07, 6.45) is 1.76. The molecular weight excluding hydrogens is 454 g/mol. The Morgan fingerprint density at radius 1 is 1.16 bits per heavy atom. The second-order valence-corrected chi connectivity index (χ2v) is 7.09. The third-order valence-electron chi connectivity index (χ3n) is 3.60. The Morgan fingerprint density at radius 2 is 1.92 bits per heavy atom. The maximum atomic E-state index is 12.3. The van der Waals surface area contributed by atoms with Crippen molar-refractivity contribution < 1.29 is 19.1 Å². The van der Waals surface area contributed by atoms with Gasteiger partial charge in [0.1, 0.15) is 0 Å². The summed E-state index contributed by atoms with van der Waals surface area (Å²) in [5, 5.41) is 2.84. The highest BCUT2D eigenvalue weighted by Crippen LogP contribution is 2.39.